The summed E-state index contributed by atoms with van der Waals surface area (Å²) >= 11 is 0. The second-order valence-corrected chi connectivity index (χ2v) is 4.80. The fourth-order valence-electron chi connectivity index (χ4n) is 1.97. The Morgan fingerprint density at radius 3 is 2.30 bits per heavy atom. The molecule has 0 spiro atoms. The van der Waals surface area contributed by atoms with Crippen molar-refractivity contribution in [2.24, 2.45) is 4.99 Å². The van der Waals surface area contributed by atoms with Gasteiger partial charge in [-0.1, -0.05) is 25.5 Å². The van der Waals surface area contributed by atoms with Crippen molar-refractivity contribution in [2.45, 2.75) is 26.2 Å². The molecule has 0 heterocycles. The third-order valence-electron chi connectivity index (χ3n) is 3.23. The van der Waals surface area contributed by atoms with Gasteiger partial charge in [0, 0.05) is 6.21 Å². The molecular weight excluding hydrogens is 246 g/mol. The van der Waals surface area contributed by atoms with E-state index in [9.17, 15) is 0 Å². The molecule has 2 aromatic rings. The first-order valence-electron chi connectivity index (χ1n) is 7.09. The van der Waals surface area contributed by atoms with Gasteiger partial charge in [0.25, 0.3) is 0 Å². The van der Waals surface area contributed by atoms with Gasteiger partial charge in [0.05, 0.1) is 12.8 Å². The fraction of sp³-hybridized carbons (Fsp3) is 0.278. The molecule has 0 fully saturated rings. The molecule has 2 rings (SSSR count). The van der Waals surface area contributed by atoms with Gasteiger partial charge in [-0.05, 0) is 60.4 Å². The van der Waals surface area contributed by atoms with Crippen molar-refractivity contribution in [2.75, 3.05) is 7.11 Å². The van der Waals surface area contributed by atoms with Gasteiger partial charge in [-0.25, -0.2) is 0 Å². The summed E-state index contributed by atoms with van der Waals surface area (Å²) in [7, 11) is 1.67. The highest BCUT2D eigenvalue weighted by atomic mass is 16.5. The van der Waals surface area contributed by atoms with E-state index in [0.717, 1.165) is 23.4 Å². The Kier molecular flexibility index (Phi) is 5.36. The minimum absolute atomic E-state index is 0.863. The number of unbranched alkanes of at least 4 members (excludes halogenated alkanes) is 1. The molecular formula is C18H21NO. The summed E-state index contributed by atoms with van der Waals surface area (Å²) in [6, 6.07) is 16.4. The van der Waals surface area contributed by atoms with E-state index in [1.54, 1.807) is 7.11 Å². The van der Waals surface area contributed by atoms with E-state index in [-0.39, 0.29) is 0 Å². The Balaban J connectivity index is 1.99. The number of aliphatic imine (C=N–C) groups is 1. The van der Waals surface area contributed by atoms with E-state index in [2.05, 4.69) is 36.2 Å². The lowest BCUT2D eigenvalue weighted by Crippen LogP contribution is -1.85. The van der Waals surface area contributed by atoms with E-state index in [1.807, 2.05) is 30.5 Å². The van der Waals surface area contributed by atoms with Gasteiger partial charge in [-0.2, -0.15) is 0 Å². The van der Waals surface area contributed by atoms with Crippen molar-refractivity contribution < 1.29 is 4.74 Å². The number of hydrogen-bond donors (Lipinski definition) is 0. The molecule has 0 atom stereocenters. The van der Waals surface area contributed by atoms with Crippen LogP contribution in [0.1, 0.15) is 30.9 Å². The average Bonchev–Trinajstić information content (AvgIpc) is 2.52. The number of ether oxygens (including phenoxy) is 1. The van der Waals surface area contributed by atoms with Gasteiger partial charge in [-0.3, -0.25) is 4.99 Å². The molecule has 0 saturated carbocycles. The summed E-state index contributed by atoms with van der Waals surface area (Å²) in [5.74, 6) is 0.863. The molecule has 0 aromatic heterocycles. The molecule has 0 saturated heterocycles. The van der Waals surface area contributed by atoms with E-state index in [4.69, 9.17) is 4.74 Å². The van der Waals surface area contributed by atoms with E-state index < -0.39 is 0 Å². The number of nitrogens with zero attached hydrogens (tertiary/aromatic N) is 1. The lowest BCUT2D eigenvalue weighted by molar-refractivity contribution is 0.415. The zero-order chi connectivity index (χ0) is 14.2. The third kappa shape index (κ3) is 4.23. The van der Waals surface area contributed by atoms with Gasteiger partial charge < -0.3 is 4.74 Å². The van der Waals surface area contributed by atoms with Crippen molar-refractivity contribution in [1.29, 1.82) is 0 Å². The van der Waals surface area contributed by atoms with Crippen molar-refractivity contribution in [3.8, 4) is 5.75 Å². The first-order chi connectivity index (χ1) is 9.81. The van der Waals surface area contributed by atoms with Crippen LogP contribution >= 0.6 is 0 Å². The molecule has 2 nitrogen and oxygen atoms in total. The average molecular weight is 267 g/mol. The lowest BCUT2D eigenvalue weighted by Gasteiger charge is -2.01. The van der Waals surface area contributed by atoms with Gasteiger partial charge >= 0.3 is 0 Å². The predicted octanol–water partition coefficient (Wildman–Crippen LogP) is 4.79. The molecule has 0 aliphatic carbocycles. The van der Waals surface area contributed by atoms with Gasteiger partial charge in [0.15, 0.2) is 0 Å². The second kappa shape index (κ2) is 7.49. The quantitative estimate of drug-likeness (QED) is 0.690. The van der Waals surface area contributed by atoms with Gasteiger partial charge in [0.1, 0.15) is 5.75 Å². The topological polar surface area (TPSA) is 21.6 Å². The smallest absolute Gasteiger partial charge is 0.118 e. The summed E-state index contributed by atoms with van der Waals surface area (Å²) < 4.78 is 5.13. The second-order valence-electron chi connectivity index (χ2n) is 4.80. The Labute approximate surface area is 121 Å². The van der Waals surface area contributed by atoms with Crippen LogP contribution in [0.5, 0.6) is 5.75 Å². The van der Waals surface area contributed by atoms with Crippen LogP contribution in [0, 0.1) is 0 Å². The summed E-state index contributed by atoms with van der Waals surface area (Å²) in [5.41, 5.74) is 3.44. The number of rotatable bonds is 6. The molecule has 20 heavy (non-hydrogen) atoms. The Hall–Kier alpha value is -2.09. The normalized spacial score (nSPS) is 10.9. The minimum atomic E-state index is 0.863. The van der Waals surface area contributed by atoms with Crippen molar-refractivity contribution in [1.82, 2.24) is 0 Å². The molecule has 0 unspecified atom stereocenters. The Morgan fingerprint density at radius 1 is 1.00 bits per heavy atom. The van der Waals surface area contributed by atoms with Crippen molar-refractivity contribution in [3.05, 3.63) is 59.7 Å². The van der Waals surface area contributed by atoms with Crippen LogP contribution in [-0.4, -0.2) is 13.3 Å². The molecule has 104 valence electrons. The molecule has 0 N–H and O–H groups in total. The highest BCUT2D eigenvalue weighted by Gasteiger charge is 1.94. The minimum Gasteiger partial charge on any atom is -0.497 e. The van der Waals surface area contributed by atoms with E-state index >= 15 is 0 Å². The Morgan fingerprint density at radius 2 is 1.70 bits per heavy atom. The molecule has 2 aromatic carbocycles. The van der Waals surface area contributed by atoms with Crippen LogP contribution in [0.2, 0.25) is 0 Å². The lowest BCUT2D eigenvalue weighted by atomic mass is 10.1. The SMILES string of the molecule is CCCCc1ccc(N=Cc2ccc(OC)cc2)cc1. The molecule has 0 radical (unpaired) electrons. The van der Waals surface area contributed by atoms with Crippen molar-refractivity contribution in [3.63, 3.8) is 0 Å². The molecule has 2 heteroatoms. The van der Waals surface area contributed by atoms with Crippen LogP contribution in [-0.2, 0) is 6.42 Å². The fourth-order valence-corrected chi connectivity index (χ4v) is 1.97. The van der Waals surface area contributed by atoms with Crippen molar-refractivity contribution >= 4 is 11.9 Å². The number of methoxy groups -OCH3 is 1. The molecule has 0 aliphatic heterocycles. The zero-order valence-corrected chi connectivity index (χ0v) is 12.2. The maximum atomic E-state index is 5.13. The summed E-state index contributed by atoms with van der Waals surface area (Å²) in [6.07, 6.45) is 5.51. The maximum Gasteiger partial charge on any atom is 0.118 e. The van der Waals surface area contributed by atoms with Gasteiger partial charge in [-0.15, -0.1) is 0 Å². The monoisotopic (exact) mass is 267 g/mol. The molecule has 0 amide bonds. The predicted molar refractivity (Wildman–Crippen MR) is 85.3 cm³/mol. The van der Waals surface area contributed by atoms with Gasteiger partial charge in [0.2, 0.25) is 0 Å². The maximum absolute atomic E-state index is 5.13. The van der Waals surface area contributed by atoms with Crippen LogP contribution in [0.25, 0.3) is 0 Å². The first kappa shape index (κ1) is 14.3. The summed E-state index contributed by atoms with van der Waals surface area (Å²) in [4.78, 5) is 4.49. The molecule has 0 bridgehead atoms. The van der Waals surface area contributed by atoms with Crippen LogP contribution < -0.4 is 4.74 Å². The first-order valence-corrected chi connectivity index (χ1v) is 7.09. The number of benzene rings is 2. The van der Waals surface area contributed by atoms with Crippen LogP contribution in [0.3, 0.4) is 0 Å². The van der Waals surface area contributed by atoms with Crippen LogP contribution in [0.15, 0.2) is 53.5 Å². The third-order valence-corrected chi connectivity index (χ3v) is 3.23. The van der Waals surface area contributed by atoms with E-state index in [1.165, 1.54) is 18.4 Å². The van der Waals surface area contributed by atoms with E-state index in [0.29, 0.717) is 0 Å². The summed E-state index contributed by atoms with van der Waals surface area (Å²) in [6.45, 7) is 2.22. The zero-order valence-electron chi connectivity index (χ0n) is 12.2. The highest BCUT2D eigenvalue weighted by Crippen LogP contribution is 2.15. The Bertz CT molecular complexity index is 541. The number of aryl methyl sites for hydroxylation is 1. The highest BCUT2D eigenvalue weighted by molar-refractivity contribution is 5.82. The summed E-state index contributed by atoms with van der Waals surface area (Å²) in [5, 5.41) is 0. The largest absolute Gasteiger partial charge is 0.497 e. The number of hydrogen-bond acceptors (Lipinski definition) is 2. The van der Waals surface area contributed by atoms with Crippen LogP contribution in [0.4, 0.5) is 5.69 Å². The standard InChI is InChI=1S/C18H21NO/c1-3-4-5-15-6-10-17(11-7-15)19-14-16-8-12-18(20-2)13-9-16/h6-14H,3-5H2,1-2H3. The molecule has 0 aliphatic rings.